The predicted molar refractivity (Wildman–Crippen MR) is 88.7 cm³/mol. The topological polar surface area (TPSA) is 80.0 Å². The van der Waals surface area contributed by atoms with Crippen molar-refractivity contribution in [1.29, 1.82) is 0 Å². The number of rotatable bonds is 4. The van der Waals surface area contributed by atoms with Gasteiger partial charge < -0.3 is 15.1 Å². The molecule has 0 saturated heterocycles. The fourth-order valence-corrected chi connectivity index (χ4v) is 2.18. The largest absolute Gasteiger partial charge is 0.452 e. The van der Waals surface area contributed by atoms with Gasteiger partial charge in [-0.2, -0.15) is 13.2 Å². The maximum Gasteiger partial charge on any atom is 0.452 e. The number of carbonyl (C=O) groups is 1. The summed E-state index contributed by atoms with van der Waals surface area (Å²) in [5.74, 6) is -2.23. The number of oxazole rings is 1. The number of hydrogen-bond donors (Lipinski definition) is 2. The molecule has 0 radical (unpaired) electrons. The molecule has 134 valence electrons. The zero-order valence-electron chi connectivity index (χ0n) is 13.5. The van der Waals surface area contributed by atoms with Crippen LogP contribution in [0.15, 0.2) is 53.1 Å². The molecule has 1 aromatic carbocycles. The maximum atomic E-state index is 13.2. The van der Waals surface area contributed by atoms with Crippen molar-refractivity contribution in [3.8, 4) is 11.5 Å². The van der Waals surface area contributed by atoms with E-state index >= 15 is 0 Å². The molecule has 0 bridgehead atoms. The van der Waals surface area contributed by atoms with Crippen LogP contribution in [0.1, 0.15) is 16.2 Å². The number of anilines is 2. The smallest absolute Gasteiger partial charge is 0.431 e. The Morgan fingerprint density at radius 3 is 2.42 bits per heavy atom. The minimum absolute atomic E-state index is 0.228. The van der Waals surface area contributed by atoms with E-state index in [2.05, 4.69) is 20.6 Å². The van der Waals surface area contributed by atoms with E-state index in [0.717, 1.165) is 0 Å². The lowest BCUT2D eigenvalue weighted by Crippen LogP contribution is -2.18. The van der Waals surface area contributed by atoms with Crippen molar-refractivity contribution in [2.24, 2.45) is 0 Å². The van der Waals surface area contributed by atoms with Gasteiger partial charge in [-0.1, -0.05) is 18.2 Å². The molecule has 3 rings (SSSR count). The van der Waals surface area contributed by atoms with E-state index in [1.807, 2.05) is 0 Å². The molecule has 2 aromatic heterocycles. The Balaban J connectivity index is 1.94. The fraction of sp³-hybridized carbons (Fsp3) is 0.118. The second-order valence-corrected chi connectivity index (χ2v) is 5.20. The summed E-state index contributed by atoms with van der Waals surface area (Å²) in [6.07, 6.45) is -3.55. The molecule has 0 unspecified atom stereocenters. The first kappa shape index (κ1) is 17.5. The Hall–Kier alpha value is -3.36. The first-order chi connectivity index (χ1) is 12.4. The van der Waals surface area contributed by atoms with Crippen LogP contribution in [-0.2, 0) is 6.18 Å². The van der Waals surface area contributed by atoms with Gasteiger partial charge in [0.2, 0.25) is 11.7 Å². The average Bonchev–Trinajstić information content (AvgIpc) is 3.09. The van der Waals surface area contributed by atoms with Gasteiger partial charge in [0.1, 0.15) is 5.82 Å². The van der Waals surface area contributed by atoms with Crippen molar-refractivity contribution in [3.05, 3.63) is 60.1 Å². The minimum Gasteiger partial charge on any atom is -0.431 e. The lowest BCUT2D eigenvalue weighted by molar-refractivity contribution is -0.153. The molecular weight excluding hydrogens is 349 g/mol. The lowest BCUT2D eigenvalue weighted by Gasteiger charge is -2.06. The third-order valence-corrected chi connectivity index (χ3v) is 3.40. The van der Waals surface area contributed by atoms with E-state index in [1.165, 1.54) is 24.4 Å². The number of pyridine rings is 1. The van der Waals surface area contributed by atoms with Crippen LogP contribution < -0.4 is 10.6 Å². The zero-order valence-corrected chi connectivity index (χ0v) is 13.5. The van der Waals surface area contributed by atoms with Crippen LogP contribution in [0, 0.1) is 0 Å². The molecule has 3 aromatic rings. The normalized spacial score (nSPS) is 11.2. The minimum atomic E-state index is -4.86. The van der Waals surface area contributed by atoms with Crippen molar-refractivity contribution in [2.45, 2.75) is 6.18 Å². The Bertz CT molecular complexity index is 906. The van der Waals surface area contributed by atoms with E-state index in [-0.39, 0.29) is 11.6 Å². The first-order valence-electron chi connectivity index (χ1n) is 7.47. The van der Waals surface area contributed by atoms with Crippen molar-refractivity contribution < 1.29 is 22.4 Å². The van der Waals surface area contributed by atoms with Crippen molar-refractivity contribution in [2.75, 3.05) is 17.7 Å². The van der Waals surface area contributed by atoms with Gasteiger partial charge in [-0.05, 0) is 24.3 Å². The molecule has 0 atom stereocenters. The van der Waals surface area contributed by atoms with Gasteiger partial charge >= 0.3 is 6.18 Å². The van der Waals surface area contributed by atoms with Crippen molar-refractivity contribution in [1.82, 2.24) is 9.97 Å². The molecule has 0 aliphatic carbocycles. The quantitative estimate of drug-likeness (QED) is 0.732. The van der Waals surface area contributed by atoms with Crippen molar-refractivity contribution >= 4 is 17.4 Å². The van der Waals surface area contributed by atoms with E-state index < -0.39 is 23.5 Å². The third kappa shape index (κ3) is 3.66. The van der Waals surface area contributed by atoms with Gasteiger partial charge in [-0.3, -0.25) is 4.79 Å². The molecule has 1 amide bonds. The van der Waals surface area contributed by atoms with E-state index in [4.69, 9.17) is 4.42 Å². The summed E-state index contributed by atoms with van der Waals surface area (Å²) < 4.78 is 44.6. The molecule has 26 heavy (non-hydrogen) atoms. The summed E-state index contributed by atoms with van der Waals surface area (Å²) in [6, 6.07) is 11.1. The highest BCUT2D eigenvalue weighted by molar-refractivity contribution is 6.03. The number of benzene rings is 1. The van der Waals surface area contributed by atoms with E-state index in [9.17, 15) is 18.0 Å². The highest BCUT2D eigenvalue weighted by atomic mass is 19.4. The fourth-order valence-electron chi connectivity index (χ4n) is 2.18. The maximum absolute atomic E-state index is 13.2. The third-order valence-electron chi connectivity index (χ3n) is 3.40. The highest BCUT2D eigenvalue weighted by Crippen LogP contribution is 2.35. The number of carbonyl (C=O) groups excluding carboxylic acids is 1. The monoisotopic (exact) mass is 362 g/mol. The molecule has 9 heteroatoms. The molecule has 0 saturated carbocycles. The Morgan fingerprint density at radius 1 is 1.12 bits per heavy atom. The molecule has 6 nitrogen and oxygen atoms in total. The van der Waals surface area contributed by atoms with Gasteiger partial charge in [0.05, 0.1) is 11.9 Å². The molecule has 2 heterocycles. The average molecular weight is 362 g/mol. The predicted octanol–water partition coefficient (Wildman–Crippen LogP) is 4.05. The number of nitrogens with one attached hydrogen (secondary N) is 2. The Kier molecular flexibility index (Phi) is 4.61. The van der Waals surface area contributed by atoms with Gasteiger partial charge in [-0.15, -0.1) is 0 Å². The number of alkyl halides is 3. The van der Waals surface area contributed by atoms with Gasteiger partial charge in [-0.25, -0.2) is 9.97 Å². The summed E-state index contributed by atoms with van der Waals surface area (Å²) >= 11 is 0. The van der Waals surface area contributed by atoms with Gasteiger partial charge in [0.25, 0.3) is 5.91 Å². The number of hydrogen-bond acceptors (Lipinski definition) is 5. The molecular formula is C17H13F3N4O2. The summed E-state index contributed by atoms with van der Waals surface area (Å²) in [6.45, 7) is 0. The second-order valence-electron chi connectivity index (χ2n) is 5.20. The van der Waals surface area contributed by atoms with Crippen LogP contribution in [0.4, 0.5) is 24.7 Å². The second kappa shape index (κ2) is 6.87. The Morgan fingerprint density at radius 2 is 1.85 bits per heavy atom. The highest BCUT2D eigenvalue weighted by Gasteiger charge is 2.42. The summed E-state index contributed by atoms with van der Waals surface area (Å²) in [4.78, 5) is 20.0. The SMILES string of the molecule is CNc1ccc(NC(=O)c2nc(-c3ccccc3)oc2C(F)(F)F)cn1. The molecule has 0 aliphatic heterocycles. The molecule has 0 fully saturated rings. The number of aromatic nitrogens is 2. The van der Waals surface area contributed by atoms with E-state index in [1.54, 1.807) is 31.3 Å². The molecule has 0 aliphatic rings. The molecule has 2 N–H and O–H groups in total. The van der Waals surface area contributed by atoms with Crippen LogP contribution >= 0.6 is 0 Å². The zero-order chi connectivity index (χ0) is 18.7. The standard InChI is InChI=1S/C17H13F3N4O2/c1-21-12-8-7-11(9-22-12)23-15(25)13-14(17(18,19)20)26-16(24-13)10-5-3-2-4-6-10/h2-9H,1H3,(H,21,22)(H,23,25). The summed E-state index contributed by atoms with van der Waals surface area (Å²) in [7, 11) is 1.66. The van der Waals surface area contributed by atoms with E-state index in [0.29, 0.717) is 11.4 Å². The van der Waals surface area contributed by atoms with Crippen LogP contribution in [0.25, 0.3) is 11.5 Å². The first-order valence-corrected chi connectivity index (χ1v) is 7.47. The van der Waals surface area contributed by atoms with Crippen LogP contribution in [0.2, 0.25) is 0 Å². The number of halogens is 3. The number of amides is 1. The van der Waals surface area contributed by atoms with Crippen LogP contribution in [-0.4, -0.2) is 22.9 Å². The Labute approximate surface area is 146 Å². The summed E-state index contributed by atoms with van der Waals surface area (Å²) in [5.41, 5.74) is -0.280. The van der Waals surface area contributed by atoms with Gasteiger partial charge in [0, 0.05) is 12.6 Å². The summed E-state index contributed by atoms with van der Waals surface area (Å²) in [5, 5.41) is 5.12. The van der Waals surface area contributed by atoms with Crippen molar-refractivity contribution in [3.63, 3.8) is 0 Å². The van der Waals surface area contributed by atoms with Gasteiger partial charge in [0.15, 0.2) is 5.69 Å². The van der Waals surface area contributed by atoms with Crippen LogP contribution in [0.3, 0.4) is 0 Å². The lowest BCUT2D eigenvalue weighted by atomic mass is 10.2. The number of nitrogens with zero attached hydrogens (tertiary/aromatic N) is 2. The van der Waals surface area contributed by atoms with Crippen LogP contribution in [0.5, 0.6) is 0 Å². The molecule has 0 spiro atoms.